The van der Waals surface area contributed by atoms with Crippen LogP contribution in [0.5, 0.6) is 0 Å². The van der Waals surface area contributed by atoms with Crippen LogP contribution in [0.25, 0.3) is 10.8 Å². The zero-order valence-corrected chi connectivity index (χ0v) is 14.7. The molecule has 0 unspecified atom stereocenters. The summed E-state index contributed by atoms with van der Waals surface area (Å²) in [4.78, 5) is 26.7. The van der Waals surface area contributed by atoms with Crippen molar-refractivity contribution in [2.45, 2.75) is 19.9 Å². The second kappa shape index (κ2) is 8.08. The number of nitrogens with one attached hydrogen (secondary N) is 1. The van der Waals surface area contributed by atoms with E-state index in [1.807, 2.05) is 27.0 Å². The highest BCUT2D eigenvalue weighted by Gasteiger charge is 2.20. The van der Waals surface area contributed by atoms with Crippen LogP contribution in [0, 0.1) is 0 Å². The molecule has 1 aromatic carbocycles. The molecule has 0 atom stereocenters. The van der Waals surface area contributed by atoms with Crippen molar-refractivity contribution in [3.8, 4) is 0 Å². The van der Waals surface area contributed by atoms with Crippen LogP contribution in [-0.4, -0.2) is 47.8 Å². The van der Waals surface area contributed by atoms with Crippen LogP contribution >= 0.6 is 12.4 Å². The van der Waals surface area contributed by atoms with Crippen molar-refractivity contribution in [3.63, 3.8) is 0 Å². The number of benzene rings is 1. The molecule has 7 heteroatoms. The number of carbonyl (C=O) groups excluding carboxylic acids is 1. The van der Waals surface area contributed by atoms with Gasteiger partial charge in [-0.05, 0) is 27.0 Å². The third kappa shape index (κ3) is 3.89. The molecule has 6 nitrogen and oxygen atoms in total. The Hall–Kier alpha value is -1.92. The maximum absolute atomic E-state index is 12.7. The van der Waals surface area contributed by atoms with Crippen molar-refractivity contribution in [2.24, 2.45) is 0 Å². The van der Waals surface area contributed by atoms with E-state index in [1.54, 1.807) is 30.1 Å². The second-order valence-electron chi connectivity index (χ2n) is 5.57. The number of halogens is 1. The number of aromatic nitrogens is 2. The van der Waals surface area contributed by atoms with E-state index in [0.29, 0.717) is 29.6 Å². The Balaban J connectivity index is 0.00000264. The number of hydrogen-bond acceptors (Lipinski definition) is 4. The fourth-order valence-corrected chi connectivity index (χ4v) is 2.28. The molecule has 0 saturated heterocycles. The van der Waals surface area contributed by atoms with Crippen molar-refractivity contribution >= 4 is 29.1 Å². The first-order valence-corrected chi connectivity index (χ1v) is 7.39. The molecule has 126 valence electrons. The summed E-state index contributed by atoms with van der Waals surface area (Å²) in [6, 6.07) is 7.02. The summed E-state index contributed by atoms with van der Waals surface area (Å²) in [6.07, 6.45) is 0. The van der Waals surface area contributed by atoms with Gasteiger partial charge < -0.3 is 10.2 Å². The minimum atomic E-state index is -0.180. The van der Waals surface area contributed by atoms with Gasteiger partial charge in [0.15, 0.2) is 5.69 Å². The lowest BCUT2D eigenvalue weighted by Gasteiger charge is -2.19. The largest absolute Gasteiger partial charge is 0.339 e. The molecular formula is C16H23ClN4O2. The molecule has 0 aliphatic rings. The second-order valence-corrected chi connectivity index (χ2v) is 5.57. The van der Waals surface area contributed by atoms with Gasteiger partial charge in [-0.2, -0.15) is 5.10 Å². The molecule has 1 aromatic heterocycles. The summed E-state index contributed by atoms with van der Waals surface area (Å²) in [5.41, 5.74) is 0.155. The summed E-state index contributed by atoms with van der Waals surface area (Å²) in [5.74, 6) is -0.180. The first kappa shape index (κ1) is 19.1. The smallest absolute Gasteiger partial charge is 0.274 e. The predicted octanol–water partition coefficient (Wildman–Crippen LogP) is 1.69. The number of carbonyl (C=O) groups is 1. The molecule has 0 bridgehead atoms. The topological polar surface area (TPSA) is 67.2 Å². The van der Waals surface area contributed by atoms with Crippen LogP contribution in [0.15, 0.2) is 29.1 Å². The van der Waals surface area contributed by atoms with E-state index < -0.39 is 0 Å². The lowest BCUT2D eigenvalue weighted by atomic mass is 10.1. The molecule has 1 heterocycles. The van der Waals surface area contributed by atoms with Gasteiger partial charge in [-0.25, -0.2) is 4.68 Å². The summed E-state index contributed by atoms with van der Waals surface area (Å²) >= 11 is 0. The third-order valence-electron chi connectivity index (χ3n) is 3.56. The molecule has 0 saturated carbocycles. The Kier molecular flexibility index (Phi) is 6.72. The lowest BCUT2D eigenvalue weighted by Crippen LogP contribution is -2.35. The van der Waals surface area contributed by atoms with Gasteiger partial charge in [0.25, 0.3) is 11.5 Å². The number of hydrogen-bond donors (Lipinski definition) is 1. The van der Waals surface area contributed by atoms with E-state index in [2.05, 4.69) is 10.4 Å². The van der Waals surface area contributed by atoms with Gasteiger partial charge >= 0.3 is 0 Å². The van der Waals surface area contributed by atoms with E-state index in [1.165, 1.54) is 4.68 Å². The quantitative estimate of drug-likeness (QED) is 0.901. The molecule has 1 N–H and O–H groups in total. The zero-order valence-electron chi connectivity index (χ0n) is 13.9. The molecule has 0 fully saturated rings. The molecule has 2 rings (SSSR count). The number of amides is 1. The van der Waals surface area contributed by atoms with Gasteiger partial charge in [0.05, 0.1) is 11.4 Å². The van der Waals surface area contributed by atoms with E-state index in [9.17, 15) is 9.59 Å². The number of likely N-dealkylation sites (N-methyl/N-ethyl adjacent to an activating group) is 2. The molecule has 23 heavy (non-hydrogen) atoms. The van der Waals surface area contributed by atoms with Crippen LogP contribution < -0.4 is 10.9 Å². The standard InChI is InChI=1S/C16H22N4O2.ClH/c1-11(2)20-15(21)13-8-6-5-7-12(13)14(18-20)16(22)19(4)10-9-17-3;/h5-8,11,17H,9-10H2,1-4H3;1H. The highest BCUT2D eigenvalue weighted by atomic mass is 35.5. The fourth-order valence-electron chi connectivity index (χ4n) is 2.28. The van der Waals surface area contributed by atoms with Crippen molar-refractivity contribution in [3.05, 3.63) is 40.3 Å². The fraction of sp³-hybridized carbons (Fsp3) is 0.438. The average Bonchev–Trinajstić information content (AvgIpc) is 2.52. The first-order valence-electron chi connectivity index (χ1n) is 7.39. The Morgan fingerprint density at radius 1 is 1.30 bits per heavy atom. The normalized spacial score (nSPS) is 10.7. The summed E-state index contributed by atoms with van der Waals surface area (Å²) in [7, 11) is 3.58. The molecular weight excluding hydrogens is 316 g/mol. The first-order chi connectivity index (χ1) is 10.5. The van der Waals surface area contributed by atoms with Crippen molar-refractivity contribution in [1.29, 1.82) is 0 Å². The van der Waals surface area contributed by atoms with Crippen molar-refractivity contribution in [1.82, 2.24) is 20.0 Å². The predicted molar refractivity (Wildman–Crippen MR) is 94.5 cm³/mol. The SMILES string of the molecule is CNCCN(C)C(=O)c1nn(C(C)C)c(=O)c2ccccc12.Cl. The Labute approximate surface area is 141 Å². The minimum Gasteiger partial charge on any atom is -0.339 e. The Morgan fingerprint density at radius 2 is 1.91 bits per heavy atom. The van der Waals surface area contributed by atoms with E-state index in [4.69, 9.17) is 0 Å². The highest BCUT2D eigenvalue weighted by molar-refractivity contribution is 6.04. The summed E-state index contributed by atoms with van der Waals surface area (Å²) < 4.78 is 1.38. The van der Waals surface area contributed by atoms with Gasteiger partial charge in [-0.1, -0.05) is 18.2 Å². The highest BCUT2D eigenvalue weighted by Crippen LogP contribution is 2.16. The Morgan fingerprint density at radius 3 is 2.48 bits per heavy atom. The molecule has 1 amide bonds. The number of rotatable bonds is 5. The average molecular weight is 339 g/mol. The van der Waals surface area contributed by atoms with Gasteiger partial charge in [0, 0.05) is 25.5 Å². The minimum absolute atomic E-state index is 0. The van der Waals surface area contributed by atoms with Crippen molar-refractivity contribution in [2.75, 3.05) is 27.2 Å². The van der Waals surface area contributed by atoms with Gasteiger partial charge in [0.2, 0.25) is 0 Å². The van der Waals surface area contributed by atoms with Gasteiger partial charge in [-0.3, -0.25) is 9.59 Å². The maximum atomic E-state index is 12.7. The molecule has 0 aliphatic heterocycles. The zero-order chi connectivity index (χ0) is 16.3. The van der Waals surface area contributed by atoms with E-state index >= 15 is 0 Å². The molecule has 0 radical (unpaired) electrons. The summed E-state index contributed by atoms with van der Waals surface area (Å²) in [5, 5.41) is 8.46. The van der Waals surface area contributed by atoms with Crippen LogP contribution in [-0.2, 0) is 0 Å². The van der Waals surface area contributed by atoms with Crippen molar-refractivity contribution < 1.29 is 4.79 Å². The Bertz CT molecular complexity index is 742. The van der Waals surface area contributed by atoms with E-state index in [-0.39, 0.29) is 29.9 Å². The van der Waals surface area contributed by atoms with E-state index in [0.717, 1.165) is 0 Å². The molecule has 2 aromatic rings. The molecule has 0 spiro atoms. The van der Waals surface area contributed by atoms with Crippen LogP contribution in [0.1, 0.15) is 30.4 Å². The van der Waals surface area contributed by atoms with Crippen LogP contribution in [0.4, 0.5) is 0 Å². The van der Waals surface area contributed by atoms with Gasteiger partial charge in [-0.15, -0.1) is 12.4 Å². The monoisotopic (exact) mass is 338 g/mol. The summed E-state index contributed by atoms with van der Waals surface area (Å²) in [6.45, 7) is 5.03. The molecule has 0 aliphatic carbocycles. The van der Waals surface area contributed by atoms with Crippen LogP contribution in [0.3, 0.4) is 0 Å². The maximum Gasteiger partial charge on any atom is 0.274 e. The third-order valence-corrected chi connectivity index (χ3v) is 3.56. The number of nitrogens with zero attached hydrogens (tertiary/aromatic N) is 3. The lowest BCUT2D eigenvalue weighted by molar-refractivity contribution is 0.0790. The number of fused-ring (bicyclic) bond motifs is 1. The van der Waals surface area contributed by atoms with Gasteiger partial charge in [0.1, 0.15) is 0 Å². The van der Waals surface area contributed by atoms with Crippen LogP contribution in [0.2, 0.25) is 0 Å².